The number of fused-ring (bicyclic) bond motifs is 3. The highest BCUT2D eigenvalue weighted by atomic mass is 16.6. The number of aromatic nitrogens is 1. The molecule has 3 heterocycles. The fourth-order valence-corrected chi connectivity index (χ4v) is 4.17. The van der Waals surface area contributed by atoms with E-state index < -0.39 is 5.60 Å². The Hall–Kier alpha value is -2.41. The molecule has 0 N–H and O–H groups in total. The number of morpholine rings is 1. The summed E-state index contributed by atoms with van der Waals surface area (Å²) in [6.07, 6.45) is 0.819. The van der Waals surface area contributed by atoms with E-state index in [4.69, 9.17) is 13.9 Å². The van der Waals surface area contributed by atoms with Crippen LogP contribution in [0.25, 0.3) is 11.1 Å². The number of Topliss-reactive ketones (excluding diaryl/α,β-unsaturated/α-hetero) is 1. The molecule has 2 atom stereocenters. The zero-order valence-electron chi connectivity index (χ0n) is 16.7. The monoisotopic (exact) mass is 386 g/mol. The van der Waals surface area contributed by atoms with Gasteiger partial charge in [0.15, 0.2) is 17.3 Å². The number of benzene rings is 1. The van der Waals surface area contributed by atoms with E-state index in [2.05, 4.69) is 4.98 Å². The molecule has 1 amide bonds. The summed E-state index contributed by atoms with van der Waals surface area (Å²) >= 11 is 0. The second kappa shape index (κ2) is 6.88. The van der Waals surface area contributed by atoms with Gasteiger partial charge in [0.2, 0.25) is 0 Å². The number of rotatable bonds is 2. The summed E-state index contributed by atoms with van der Waals surface area (Å²) < 4.78 is 16.8. The van der Waals surface area contributed by atoms with Gasteiger partial charge >= 0.3 is 6.09 Å². The average Bonchev–Trinajstić information content (AvgIpc) is 2.97. The topological polar surface area (TPSA) is 81.9 Å². The standard InChI is InChI=1S/C21H26N2O5/c1-12-22-17-6-5-13(9-18(17)27-12)19(24)14-7-15-10-26-11-16(8-14)23(15)20(25)28-21(2,3)4/h5-6,9,14-16H,7-8,10-11H2,1-4H3. The van der Waals surface area contributed by atoms with Crippen LogP contribution >= 0.6 is 0 Å². The summed E-state index contributed by atoms with van der Waals surface area (Å²) in [5, 5.41) is 0. The molecule has 2 aliphatic heterocycles. The van der Waals surface area contributed by atoms with Crippen molar-refractivity contribution in [1.82, 2.24) is 9.88 Å². The van der Waals surface area contributed by atoms with Crippen molar-refractivity contribution in [2.45, 2.75) is 58.2 Å². The third-order valence-electron chi connectivity index (χ3n) is 5.28. The number of piperidine rings is 1. The lowest BCUT2D eigenvalue weighted by Gasteiger charge is -2.47. The molecule has 0 spiro atoms. The van der Waals surface area contributed by atoms with Crippen LogP contribution in [0, 0.1) is 12.8 Å². The number of hydrogen-bond donors (Lipinski definition) is 0. The van der Waals surface area contributed by atoms with Gasteiger partial charge in [0.25, 0.3) is 0 Å². The summed E-state index contributed by atoms with van der Waals surface area (Å²) in [4.78, 5) is 31.9. The number of ketones is 1. The van der Waals surface area contributed by atoms with Crippen LogP contribution in [0.3, 0.4) is 0 Å². The molecule has 150 valence electrons. The van der Waals surface area contributed by atoms with Crippen molar-refractivity contribution in [3.05, 3.63) is 29.7 Å². The van der Waals surface area contributed by atoms with Crippen molar-refractivity contribution >= 4 is 23.0 Å². The van der Waals surface area contributed by atoms with Gasteiger partial charge in [-0.1, -0.05) is 0 Å². The van der Waals surface area contributed by atoms with E-state index in [1.165, 1.54) is 0 Å². The maximum atomic E-state index is 13.1. The highest BCUT2D eigenvalue weighted by molar-refractivity contribution is 6.00. The van der Waals surface area contributed by atoms with E-state index in [9.17, 15) is 9.59 Å². The normalized spacial score (nSPS) is 25.0. The Bertz CT molecular complexity index is 899. The number of carbonyl (C=O) groups excluding carboxylic acids is 2. The molecule has 4 rings (SSSR count). The fraction of sp³-hybridized carbons (Fsp3) is 0.571. The van der Waals surface area contributed by atoms with E-state index in [0.29, 0.717) is 43.1 Å². The van der Waals surface area contributed by atoms with E-state index in [-0.39, 0.29) is 29.9 Å². The Morgan fingerprint density at radius 1 is 1.18 bits per heavy atom. The van der Waals surface area contributed by atoms with Gasteiger partial charge in [0, 0.05) is 18.4 Å². The number of amides is 1. The van der Waals surface area contributed by atoms with E-state index in [1.54, 1.807) is 24.0 Å². The highest BCUT2D eigenvalue weighted by Gasteiger charge is 2.45. The molecule has 7 heteroatoms. The van der Waals surface area contributed by atoms with Gasteiger partial charge in [-0.25, -0.2) is 9.78 Å². The van der Waals surface area contributed by atoms with Crippen molar-refractivity contribution in [2.75, 3.05) is 13.2 Å². The van der Waals surface area contributed by atoms with Crippen molar-refractivity contribution in [1.29, 1.82) is 0 Å². The van der Waals surface area contributed by atoms with E-state index >= 15 is 0 Å². The van der Waals surface area contributed by atoms with Crippen LogP contribution in [0.4, 0.5) is 4.79 Å². The molecule has 0 aliphatic carbocycles. The fourth-order valence-electron chi connectivity index (χ4n) is 4.17. The van der Waals surface area contributed by atoms with Crippen LogP contribution in [0.15, 0.2) is 22.6 Å². The molecule has 1 aromatic heterocycles. The summed E-state index contributed by atoms with van der Waals surface area (Å²) in [6.45, 7) is 8.22. The van der Waals surface area contributed by atoms with Gasteiger partial charge in [0.05, 0.1) is 25.3 Å². The molecule has 28 heavy (non-hydrogen) atoms. The molecule has 2 bridgehead atoms. The zero-order chi connectivity index (χ0) is 20.1. The first-order chi connectivity index (χ1) is 13.2. The molecule has 2 fully saturated rings. The minimum atomic E-state index is -0.552. The highest BCUT2D eigenvalue weighted by Crippen LogP contribution is 2.35. The van der Waals surface area contributed by atoms with Crippen LogP contribution in [-0.2, 0) is 9.47 Å². The first-order valence-electron chi connectivity index (χ1n) is 9.72. The number of nitrogens with zero attached hydrogens (tertiary/aromatic N) is 2. The summed E-state index contributed by atoms with van der Waals surface area (Å²) in [5.74, 6) is 0.507. The smallest absolute Gasteiger partial charge is 0.410 e. The first kappa shape index (κ1) is 18.9. The van der Waals surface area contributed by atoms with Crippen molar-refractivity contribution < 1.29 is 23.5 Å². The SMILES string of the molecule is Cc1nc2ccc(C(=O)C3CC4COCC(C3)N4C(=O)OC(C)(C)C)cc2o1. The van der Waals surface area contributed by atoms with Crippen LogP contribution in [-0.4, -0.2) is 52.7 Å². The largest absolute Gasteiger partial charge is 0.444 e. The molecule has 1 aromatic carbocycles. The Kier molecular flexibility index (Phi) is 4.65. The van der Waals surface area contributed by atoms with Gasteiger partial charge in [-0.2, -0.15) is 0 Å². The first-order valence-corrected chi connectivity index (χ1v) is 9.72. The third kappa shape index (κ3) is 3.63. The number of hydrogen-bond acceptors (Lipinski definition) is 6. The van der Waals surface area contributed by atoms with Gasteiger partial charge in [0.1, 0.15) is 11.1 Å². The maximum absolute atomic E-state index is 13.1. The molecule has 0 saturated carbocycles. The Morgan fingerprint density at radius 3 is 2.50 bits per heavy atom. The molecular weight excluding hydrogens is 360 g/mol. The van der Waals surface area contributed by atoms with Gasteiger partial charge in [-0.05, 0) is 51.8 Å². The number of aryl methyl sites for hydroxylation is 1. The lowest BCUT2D eigenvalue weighted by Crippen LogP contribution is -2.60. The molecule has 7 nitrogen and oxygen atoms in total. The minimum Gasteiger partial charge on any atom is -0.444 e. The van der Waals surface area contributed by atoms with Crippen LogP contribution in [0.1, 0.15) is 49.9 Å². The molecule has 2 aliphatic rings. The summed E-state index contributed by atoms with van der Waals surface area (Å²) in [7, 11) is 0. The molecule has 2 aromatic rings. The van der Waals surface area contributed by atoms with Gasteiger partial charge in [-0.3, -0.25) is 9.69 Å². The maximum Gasteiger partial charge on any atom is 0.410 e. The van der Waals surface area contributed by atoms with Crippen LogP contribution in [0.2, 0.25) is 0 Å². The molecule has 2 unspecified atom stereocenters. The lowest BCUT2D eigenvalue weighted by atomic mass is 9.81. The average molecular weight is 386 g/mol. The van der Waals surface area contributed by atoms with Gasteiger partial charge in [-0.15, -0.1) is 0 Å². The summed E-state index contributed by atoms with van der Waals surface area (Å²) in [6, 6.07) is 5.10. The zero-order valence-corrected chi connectivity index (χ0v) is 16.7. The van der Waals surface area contributed by atoms with Crippen LogP contribution < -0.4 is 0 Å². The molecule has 2 saturated heterocycles. The number of oxazole rings is 1. The van der Waals surface area contributed by atoms with Crippen molar-refractivity contribution in [3.63, 3.8) is 0 Å². The van der Waals surface area contributed by atoms with Gasteiger partial charge < -0.3 is 13.9 Å². The number of carbonyl (C=O) groups is 2. The Labute approximate surface area is 164 Å². The van der Waals surface area contributed by atoms with Crippen LogP contribution in [0.5, 0.6) is 0 Å². The minimum absolute atomic E-state index is 0.0803. The Balaban J connectivity index is 1.52. The quantitative estimate of drug-likeness (QED) is 0.732. The molecular formula is C21H26N2O5. The number of ether oxygens (including phenoxy) is 2. The van der Waals surface area contributed by atoms with E-state index in [0.717, 1.165) is 5.52 Å². The predicted molar refractivity (Wildman–Crippen MR) is 102 cm³/mol. The van der Waals surface area contributed by atoms with Crippen molar-refractivity contribution in [3.8, 4) is 0 Å². The second-order valence-corrected chi connectivity index (χ2v) is 8.68. The Morgan fingerprint density at radius 2 is 1.86 bits per heavy atom. The summed E-state index contributed by atoms with van der Waals surface area (Å²) in [5.41, 5.74) is 1.44. The third-order valence-corrected chi connectivity index (χ3v) is 5.28. The van der Waals surface area contributed by atoms with Crippen molar-refractivity contribution in [2.24, 2.45) is 5.92 Å². The van der Waals surface area contributed by atoms with E-state index in [1.807, 2.05) is 26.8 Å². The predicted octanol–water partition coefficient (Wildman–Crippen LogP) is 3.73. The molecule has 0 radical (unpaired) electrons. The lowest BCUT2D eigenvalue weighted by molar-refractivity contribution is -0.0861. The second-order valence-electron chi connectivity index (χ2n) is 8.68.